The van der Waals surface area contributed by atoms with Crippen LogP contribution in [0.4, 0.5) is 0 Å². The topological polar surface area (TPSA) is 70.7 Å². The van der Waals surface area contributed by atoms with E-state index < -0.39 is 0 Å². The standard InChI is InChI=1S/C22H28N4O2/c1-23-22(24-12-11-17-15-26-20-9-5-4-8-19(17)20)25-13-14-28-16-18-7-3-6-10-21(18)27-2/h3-10,15,26H,11-14,16H2,1-2H3,(H2,23,24,25). The molecule has 0 radical (unpaired) electrons. The third-order valence-electron chi connectivity index (χ3n) is 4.57. The van der Waals surface area contributed by atoms with Crippen molar-refractivity contribution < 1.29 is 9.47 Å². The minimum absolute atomic E-state index is 0.526. The number of nitrogens with zero attached hydrogens (tertiary/aromatic N) is 1. The third kappa shape index (κ3) is 5.27. The predicted octanol–water partition coefficient (Wildman–Crippen LogP) is 3.10. The van der Waals surface area contributed by atoms with Crippen molar-refractivity contribution in [2.75, 3.05) is 33.9 Å². The maximum atomic E-state index is 5.74. The number of ether oxygens (including phenoxy) is 2. The zero-order chi connectivity index (χ0) is 19.6. The van der Waals surface area contributed by atoms with Crippen LogP contribution < -0.4 is 15.4 Å². The number of H-pyrrole nitrogens is 1. The molecule has 1 aromatic heterocycles. The number of rotatable bonds is 9. The first kappa shape index (κ1) is 19.8. The number of para-hydroxylation sites is 2. The fourth-order valence-corrected chi connectivity index (χ4v) is 3.12. The van der Waals surface area contributed by atoms with Crippen LogP contribution in [-0.4, -0.2) is 44.8 Å². The highest BCUT2D eigenvalue weighted by Gasteiger charge is 2.04. The molecule has 0 spiro atoms. The van der Waals surface area contributed by atoms with Gasteiger partial charge in [0.25, 0.3) is 0 Å². The lowest BCUT2D eigenvalue weighted by molar-refractivity contribution is 0.123. The van der Waals surface area contributed by atoms with Gasteiger partial charge in [0.05, 0.1) is 20.3 Å². The van der Waals surface area contributed by atoms with Gasteiger partial charge in [-0.15, -0.1) is 0 Å². The molecule has 3 aromatic rings. The van der Waals surface area contributed by atoms with E-state index in [2.05, 4.69) is 45.0 Å². The number of hydrogen-bond donors (Lipinski definition) is 3. The number of aliphatic imine (C=N–C) groups is 1. The van der Waals surface area contributed by atoms with E-state index in [1.165, 1.54) is 16.5 Å². The van der Waals surface area contributed by atoms with Crippen LogP contribution in [-0.2, 0) is 17.8 Å². The van der Waals surface area contributed by atoms with E-state index in [-0.39, 0.29) is 0 Å². The van der Waals surface area contributed by atoms with E-state index in [4.69, 9.17) is 9.47 Å². The van der Waals surface area contributed by atoms with Gasteiger partial charge in [-0.1, -0.05) is 36.4 Å². The summed E-state index contributed by atoms with van der Waals surface area (Å²) >= 11 is 0. The highest BCUT2D eigenvalue weighted by molar-refractivity contribution is 5.83. The molecule has 0 amide bonds. The minimum Gasteiger partial charge on any atom is -0.496 e. The number of nitrogens with one attached hydrogen (secondary N) is 3. The molecule has 0 saturated carbocycles. The average Bonchev–Trinajstić information content (AvgIpc) is 3.15. The van der Waals surface area contributed by atoms with Crippen LogP contribution >= 0.6 is 0 Å². The number of fused-ring (bicyclic) bond motifs is 1. The van der Waals surface area contributed by atoms with Crippen molar-refractivity contribution >= 4 is 16.9 Å². The molecule has 0 unspecified atom stereocenters. The highest BCUT2D eigenvalue weighted by Crippen LogP contribution is 2.18. The molecule has 6 nitrogen and oxygen atoms in total. The fourth-order valence-electron chi connectivity index (χ4n) is 3.12. The van der Waals surface area contributed by atoms with Crippen molar-refractivity contribution in [1.82, 2.24) is 15.6 Å². The van der Waals surface area contributed by atoms with Crippen LogP contribution in [0.5, 0.6) is 5.75 Å². The van der Waals surface area contributed by atoms with Crippen molar-refractivity contribution in [2.24, 2.45) is 4.99 Å². The van der Waals surface area contributed by atoms with Crippen LogP contribution in [0.25, 0.3) is 10.9 Å². The molecule has 0 aliphatic rings. The maximum Gasteiger partial charge on any atom is 0.191 e. The second-order valence-electron chi connectivity index (χ2n) is 6.40. The summed E-state index contributed by atoms with van der Waals surface area (Å²) in [5.74, 6) is 1.63. The van der Waals surface area contributed by atoms with E-state index in [9.17, 15) is 0 Å². The SMILES string of the molecule is CN=C(NCCOCc1ccccc1OC)NCCc1c[nH]c2ccccc12. The maximum absolute atomic E-state index is 5.74. The molecule has 0 saturated heterocycles. The number of methoxy groups -OCH3 is 1. The van der Waals surface area contributed by atoms with Gasteiger partial charge in [-0.3, -0.25) is 4.99 Å². The third-order valence-corrected chi connectivity index (χ3v) is 4.57. The second kappa shape index (κ2) is 10.4. The molecule has 3 rings (SSSR count). The van der Waals surface area contributed by atoms with Crippen molar-refractivity contribution in [3.8, 4) is 5.75 Å². The summed E-state index contributed by atoms with van der Waals surface area (Å²) < 4.78 is 11.1. The highest BCUT2D eigenvalue weighted by atomic mass is 16.5. The molecule has 0 aliphatic heterocycles. The lowest BCUT2D eigenvalue weighted by Crippen LogP contribution is -2.39. The van der Waals surface area contributed by atoms with Gasteiger partial charge < -0.3 is 25.1 Å². The number of aromatic nitrogens is 1. The number of guanidine groups is 1. The molecular formula is C22H28N4O2. The quantitative estimate of drug-likeness (QED) is 0.303. The summed E-state index contributed by atoms with van der Waals surface area (Å²) in [6.45, 7) is 2.60. The number of benzene rings is 2. The molecule has 0 fully saturated rings. The largest absolute Gasteiger partial charge is 0.496 e. The Hall–Kier alpha value is -2.99. The lowest BCUT2D eigenvalue weighted by atomic mass is 10.1. The monoisotopic (exact) mass is 380 g/mol. The molecule has 148 valence electrons. The van der Waals surface area contributed by atoms with Gasteiger partial charge in [-0.25, -0.2) is 0 Å². The molecular weight excluding hydrogens is 352 g/mol. The molecule has 0 atom stereocenters. The van der Waals surface area contributed by atoms with Gasteiger partial charge in [-0.05, 0) is 24.1 Å². The Labute approximate surface area is 166 Å². The van der Waals surface area contributed by atoms with Crippen LogP contribution in [0.15, 0.2) is 59.7 Å². The minimum atomic E-state index is 0.526. The summed E-state index contributed by atoms with van der Waals surface area (Å²) in [4.78, 5) is 7.57. The number of hydrogen-bond acceptors (Lipinski definition) is 3. The summed E-state index contributed by atoms with van der Waals surface area (Å²) in [6.07, 6.45) is 3.00. The van der Waals surface area contributed by atoms with E-state index in [0.29, 0.717) is 19.8 Å². The first-order chi connectivity index (χ1) is 13.8. The van der Waals surface area contributed by atoms with E-state index in [1.54, 1.807) is 14.2 Å². The summed E-state index contributed by atoms with van der Waals surface area (Å²) in [6, 6.07) is 16.2. The predicted molar refractivity (Wildman–Crippen MR) is 114 cm³/mol. The number of aromatic amines is 1. The molecule has 2 aromatic carbocycles. The van der Waals surface area contributed by atoms with Crippen LogP contribution in [0.1, 0.15) is 11.1 Å². The Bertz CT molecular complexity index is 904. The molecule has 0 aliphatic carbocycles. The lowest BCUT2D eigenvalue weighted by Gasteiger charge is -2.12. The first-order valence-electron chi connectivity index (χ1n) is 9.51. The molecule has 6 heteroatoms. The molecule has 3 N–H and O–H groups in total. The van der Waals surface area contributed by atoms with Gasteiger partial charge in [0, 0.05) is 42.8 Å². The van der Waals surface area contributed by atoms with Crippen LogP contribution in [0.2, 0.25) is 0 Å². The van der Waals surface area contributed by atoms with Crippen molar-refractivity contribution in [3.63, 3.8) is 0 Å². The van der Waals surface area contributed by atoms with Gasteiger partial charge in [0.15, 0.2) is 5.96 Å². The Kier molecular flexibility index (Phi) is 7.32. The van der Waals surface area contributed by atoms with E-state index >= 15 is 0 Å². The van der Waals surface area contributed by atoms with Gasteiger partial charge >= 0.3 is 0 Å². The summed E-state index contributed by atoms with van der Waals surface area (Å²) in [7, 11) is 3.45. The Morgan fingerprint density at radius 2 is 1.79 bits per heavy atom. The van der Waals surface area contributed by atoms with Crippen molar-refractivity contribution in [2.45, 2.75) is 13.0 Å². The van der Waals surface area contributed by atoms with Crippen LogP contribution in [0, 0.1) is 0 Å². The fraction of sp³-hybridized carbons (Fsp3) is 0.318. The Morgan fingerprint density at radius 1 is 1.00 bits per heavy atom. The van der Waals surface area contributed by atoms with Crippen molar-refractivity contribution in [1.29, 1.82) is 0 Å². The molecule has 0 bridgehead atoms. The van der Waals surface area contributed by atoms with Gasteiger partial charge in [-0.2, -0.15) is 0 Å². The first-order valence-corrected chi connectivity index (χ1v) is 9.51. The molecule has 28 heavy (non-hydrogen) atoms. The zero-order valence-corrected chi connectivity index (χ0v) is 16.5. The zero-order valence-electron chi connectivity index (χ0n) is 16.5. The Balaban J connectivity index is 1.36. The summed E-state index contributed by atoms with van der Waals surface area (Å²) in [5.41, 5.74) is 3.53. The van der Waals surface area contributed by atoms with Crippen LogP contribution in [0.3, 0.4) is 0 Å². The molecule has 1 heterocycles. The smallest absolute Gasteiger partial charge is 0.191 e. The summed E-state index contributed by atoms with van der Waals surface area (Å²) in [5, 5.41) is 7.90. The normalized spacial score (nSPS) is 11.6. The average molecular weight is 380 g/mol. The van der Waals surface area contributed by atoms with E-state index in [0.717, 1.165) is 30.2 Å². The van der Waals surface area contributed by atoms with E-state index in [1.807, 2.05) is 30.3 Å². The van der Waals surface area contributed by atoms with Gasteiger partial charge in [0.2, 0.25) is 0 Å². The van der Waals surface area contributed by atoms with Gasteiger partial charge in [0.1, 0.15) is 5.75 Å². The Morgan fingerprint density at radius 3 is 2.64 bits per heavy atom. The second-order valence-corrected chi connectivity index (χ2v) is 6.40. The van der Waals surface area contributed by atoms with Crippen molar-refractivity contribution in [3.05, 3.63) is 65.9 Å².